The molecule has 2 aromatic carbocycles. The maximum atomic E-state index is 12.4. The summed E-state index contributed by atoms with van der Waals surface area (Å²) in [6.45, 7) is 0.736. The first-order valence-corrected chi connectivity index (χ1v) is 9.99. The van der Waals surface area contributed by atoms with Gasteiger partial charge in [0.2, 0.25) is 5.91 Å². The lowest BCUT2D eigenvalue weighted by atomic mass is 9.90. The number of thioether (sulfide) groups is 1. The van der Waals surface area contributed by atoms with Crippen molar-refractivity contribution in [3.8, 4) is 0 Å². The molecule has 0 saturated carbocycles. The standard InChI is InChI=1S/C20H18F2N2OS2/c21-20(22)27-16-9-5-14(6-10-16)18(19(23)25)13-3-7-15(8-4-13)24-12-17-2-1-11-26-17/h1-11,18,20,24H,12H2,(H2,23,25)/t18-/m1/s1. The topological polar surface area (TPSA) is 55.1 Å². The van der Waals surface area contributed by atoms with E-state index in [9.17, 15) is 13.6 Å². The van der Waals surface area contributed by atoms with Gasteiger partial charge in [-0.3, -0.25) is 4.79 Å². The highest BCUT2D eigenvalue weighted by molar-refractivity contribution is 7.99. The Kier molecular flexibility index (Phi) is 6.47. The summed E-state index contributed by atoms with van der Waals surface area (Å²) in [6, 6.07) is 18.1. The van der Waals surface area contributed by atoms with Gasteiger partial charge in [-0.25, -0.2) is 0 Å². The van der Waals surface area contributed by atoms with Gasteiger partial charge in [-0.05, 0) is 46.8 Å². The maximum Gasteiger partial charge on any atom is 0.288 e. The van der Waals surface area contributed by atoms with E-state index in [1.165, 1.54) is 4.88 Å². The van der Waals surface area contributed by atoms with Gasteiger partial charge >= 0.3 is 0 Å². The number of benzene rings is 2. The van der Waals surface area contributed by atoms with E-state index in [-0.39, 0.29) is 0 Å². The number of carbonyl (C=O) groups is 1. The quantitative estimate of drug-likeness (QED) is 0.502. The highest BCUT2D eigenvalue weighted by Gasteiger charge is 2.20. The minimum atomic E-state index is -2.47. The van der Waals surface area contributed by atoms with Crippen molar-refractivity contribution in [2.45, 2.75) is 23.1 Å². The molecule has 27 heavy (non-hydrogen) atoms. The lowest BCUT2D eigenvalue weighted by Gasteiger charge is -2.16. The van der Waals surface area contributed by atoms with Crippen LogP contribution in [-0.2, 0) is 11.3 Å². The fourth-order valence-electron chi connectivity index (χ4n) is 2.76. The average molecular weight is 405 g/mol. The van der Waals surface area contributed by atoms with E-state index < -0.39 is 17.6 Å². The van der Waals surface area contributed by atoms with Crippen molar-refractivity contribution < 1.29 is 13.6 Å². The summed E-state index contributed by atoms with van der Waals surface area (Å²) in [5, 5.41) is 5.36. The van der Waals surface area contributed by atoms with Gasteiger partial charge in [0.15, 0.2) is 0 Å². The Balaban J connectivity index is 1.73. The van der Waals surface area contributed by atoms with Crippen LogP contribution in [0, 0.1) is 0 Å². The Labute approximate surface area is 164 Å². The number of rotatable bonds is 8. The molecule has 0 aliphatic rings. The summed E-state index contributed by atoms with van der Waals surface area (Å²) in [6.07, 6.45) is 0. The molecule has 0 bridgehead atoms. The highest BCUT2D eigenvalue weighted by Crippen LogP contribution is 2.30. The molecule has 3 N–H and O–H groups in total. The van der Waals surface area contributed by atoms with Crippen molar-refractivity contribution in [2.24, 2.45) is 5.73 Å². The van der Waals surface area contributed by atoms with E-state index in [2.05, 4.69) is 11.4 Å². The van der Waals surface area contributed by atoms with E-state index in [1.54, 1.807) is 35.6 Å². The third-order valence-electron chi connectivity index (χ3n) is 4.01. The predicted molar refractivity (Wildman–Crippen MR) is 107 cm³/mol. The molecule has 0 spiro atoms. The zero-order valence-electron chi connectivity index (χ0n) is 14.3. The van der Waals surface area contributed by atoms with Crippen molar-refractivity contribution in [1.82, 2.24) is 0 Å². The van der Waals surface area contributed by atoms with Crippen molar-refractivity contribution >= 4 is 34.7 Å². The number of hydrogen-bond acceptors (Lipinski definition) is 4. The Bertz CT molecular complexity index is 866. The summed E-state index contributed by atoms with van der Waals surface area (Å²) < 4.78 is 24.9. The number of thiophene rings is 1. The molecule has 3 aromatic rings. The molecule has 7 heteroatoms. The number of primary amides is 1. The third kappa shape index (κ3) is 5.30. The minimum absolute atomic E-state index is 0.449. The molecule has 0 fully saturated rings. The molecular weight excluding hydrogens is 386 g/mol. The number of hydrogen-bond donors (Lipinski definition) is 2. The van der Waals surface area contributed by atoms with Crippen LogP contribution in [0.1, 0.15) is 21.9 Å². The lowest BCUT2D eigenvalue weighted by Crippen LogP contribution is -2.22. The highest BCUT2D eigenvalue weighted by atomic mass is 32.2. The number of nitrogens with two attached hydrogens (primary N) is 1. The first-order chi connectivity index (χ1) is 13.0. The van der Waals surface area contributed by atoms with Crippen molar-refractivity contribution in [3.05, 3.63) is 82.0 Å². The SMILES string of the molecule is NC(=O)[C@H](c1ccc(NCc2cccs2)cc1)c1ccc(SC(F)F)cc1. The summed E-state index contributed by atoms with van der Waals surface area (Å²) in [5.41, 5.74) is 7.99. The van der Waals surface area contributed by atoms with Crippen LogP contribution in [0.2, 0.25) is 0 Å². The van der Waals surface area contributed by atoms with Crippen molar-refractivity contribution in [3.63, 3.8) is 0 Å². The first kappa shape index (κ1) is 19.4. The van der Waals surface area contributed by atoms with Gasteiger partial charge in [0, 0.05) is 22.0 Å². The van der Waals surface area contributed by atoms with E-state index in [0.29, 0.717) is 22.2 Å². The minimum Gasteiger partial charge on any atom is -0.380 e. The Morgan fingerprint density at radius 2 is 1.67 bits per heavy atom. The van der Waals surface area contributed by atoms with Crippen LogP contribution >= 0.6 is 23.1 Å². The van der Waals surface area contributed by atoms with Crippen molar-refractivity contribution in [1.29, 1.82) is 0 Å². The zero-order chi connectivity index (χ0) is 19.2. The van der Waals surface area contributed by atoms with Crippen LogP contribution in [-0.4, -0.2) is 11.7 Å². The normalized spacial score (nSPS) is 12.1. The van der Waals surface area contributed by atoms with E-state index in [0.717, 1.165) is 17.8 Å². The van der Waals surface area contributed by atoms with Gasteiger partial charge in [0.05, 0.1) is 5.92 Å². The number of carbonyl (C=O) groups excluding carboxylic acids is 1. The molecule has 0 unspecified atom stereocenters. The molecule has 140 valence electrons. The van der Waals surface area contributed by atoms with Gasteiger partial charge in [-0.15, -0.1) is 11.3 Å². The first-order valence-electron chi connectivity index (χ1n) is 8.23. The summed E-state index contributed by atoms with van der Waals surface area (Å²) >= 11 is 2.16. The largest absolute Gasteiger partial charge is 0.380 e. The molecule has 0 aliphatic carbocycles. The second kappa shape index (κ2) is 9.01. The fourth-order valence-corrected chi connectivity index (χ4v) is 3.90. The zero-order valence-corrected chi connectivity index (χ0v) is 15.9. The maximum absolute atomic E-state index is 12.4. The molecule has 3 rings (SSSR count). The second-order valence-electron chi connectivity index (χ2n) is 5.84. The van der Waals surface area contributed by atoms with Crippen LogP contribution in [0.5, 0.6) is 0 Å². The molecule has 1 atom stereocenters. The van der Waals surface area contributed by atoms with Crippen LogP contribution in [0.25, 0.3) is 0 Å². The van der Waals surface area contributed by atoms with E-state index in [1.807, 2.05) is 35.7 Å². The van der Waals surface area contributed by atoms with Gasteiger partial charge in [0.25, 0.3) is 5.76 Å². The number of amides is 1. The number of halogens is 2. The monoisotopic (exact) mass is 404 g/mol. The van der Waals surface area contributed by atoms with Gasteiger partial charge in [0.1, 0.15) is 0 Å². The smallest absolute Gasteiger partial charge is 0.288 e. The molecule has 0 aliphatic heterocycles. The van der Waals surface area contributed by atoms with E-state index >= 15 is 0 Å². The third-order valence-corrected chi connectivity index (χ3v) is 5.61. The molecule has 1 aromatic heterocycles. The fraction of sp³-hybridized carbons (Fsp3) is 0.150. The summed E-state index contributed by atoms with van der Waals surface area (Å²) in [7, 11) is 0. The van der Waals surface area contributed by atoms with Gasteiger partial charge in [-0.1, -0.05) is 42.1 Å². The Morgan fingerprint density at radius 1 is 1.04 bits per heavy atom. The predicted octanol–water partition coefficient (Wildman–Crippen LogP) is 5.29. The van der Waals surface area contributed by atoms with Crippen molar-refractivity contribution in [2.75, 3.05) is 5.32 Å². The van der Waals surface area contributed by atoms with E-state index in [4.69, 9.17) is 5.73 Å². The number of nitrogens with one attached hydrogen (secondary N) is 1. The summed E-state index contributed by atoms with van der Waals surface area (Å²) in [5.74, 6) is -3.58. The molecule has 1 amide bonds. The second-order valence-corrected chi connectivity index (χ2v) is 7.93. The van der Waals surface area contributed by atoms with Crippen LogP contribution < -0.4 is 11.1 Å². The molecular formula is C20H18F2N2OS2. The molecule has 0 saturated heterocycles. The Hall–Kier alpha value is -2.38. The molecule has 0 radical (unpaired) electrons. The van der Waals surface area contributed by atoms with Gasteiger partial charge in [-0.2, -0.15) is 8.78 Å². The van der Waals surface area contributed by atoms with Crippen LogP contribution in [0.3, 0.4) is 0 Å². The van der Waals surface area contributed by atoms with Crippen LogP contribution in [0.4, 0.5) is 14.5 Å². The van der Waals surface area contributed by atoms with Gasteiger partial charge < -0.3 is 11.1 Å². The Morgan fingerprint density at radius 3 is 2.19 bits per heavy atom. The van der Waals surface area contributed by atoms with Crippen LogP contribution in [0.15, 0.2) is 70.9 Å². The number of anilines is 1. The summed E-state index contributed by atoms with van der Waals surface area (Å²) in [4.78, 5) is 13.7. The molecule has 3 nitrogen and oxygen atoms in total. The average Bonchev–Trinajstić information content (AvgIpc) is 3.15. The molecule has 1 heterocycles. The number of alkyl halides is 2. The lowest BCUT2D eigenvalue weighted by molar-refractivity contribution is -0.118.